The summed E-state index contributed by atoms with van der Waals surface area (Å²) in [7, 11) is -4.09. The molecule has 1 saturated heterocycles. The number of hydrogen-bond donors (Lipinski definition) is 5. The average Bonchev–Trinajstić information content (AvgIpc) is 3.30. The van der Waals surface area contributed by atoms with Crippen molar-refractivity contribution in [2.24, 2.45) is 0 Å². The molecular weight excluding hydrogens is 486 g/mol. The Balaban J connectivity index is 2.07. The number of aliphatic carboxylic acids is 3. The smallest absolute Gasteiger partial charge is 0.326 e. The highest BCUT2D eigenvalue weighted by molar-refractivity contribution is 7.89. The molecular formula is C21H27N3O10S. The average molecular weight is 514 g/mol. The predicted octanol–water partition coefficient (Wildman–Crippen LogP) is -0.131. The van der Waals surface area contributed by atoms with E-state index in [0.717, 1.165) is 16.4 Å². The predicted molar refractivity (Wildman–Crippen MR) is 119 cm³/mol. The lowest BCUT2D eigenvalue weighted by Gasteiger charge is -2.23. The fraction of sp³-hybridized carbons (Fsp3) is 0.476. The van der Waals surface area contributed by atoms with Crippen LogP contribution in [0.3, 0.4) is 0 Å². The summed E-state index contributed by atoms with van der Waals surface area (Å²) in [6.45, 7) is 0.213. The van der Waals surface area contributed by atoms with Gasteiger partial charge in [-0.05, 0) is 49.9 Å². The molecule has 2 atom stereocenters. The second-order valence-electron chi connectivity index (χ2n) is 7.88. The second kappa shape index (κ2) is 12.3. The second-order valence-corrected chi connectivity index (χ2v) is 9.77. The van der Waals surface area contributed by atoms with Gasteiger partial charge >= 0.3 is 17.9 Å². The van der Waals surface area contributed by atoms with Gasteiger partial charge in [0.2, 0.25) is 15.9 Å². The topological polar surface area (TPSA) is 207 Å². The van der Waals surface area contributed by atoms with Crippen LogP contribution in [0, 0.1) is 0 Å². The molecule has 1 heterocycles. The number of rotatable bonds is 13. The van der Waals surface area contributed by atoms with Crippen molar-refractivity contribution in [3.8, 4) is 0 Å². The van der Waals surface area contributed by atoms with Gasteiger partial charge in [-0.15, -0.1) is 0 Å². The Bertz CT molecular complexity index is 1070. The zero-order valence-corrected chi connectivity index (χ0v) is 19.5. The maximum Gasteiger partial charge on any atom is 0.326 e. The molecule has 14 heteroatoms. The van der Waals surface area contributed by atoms with Gasteiger partial charge in [0.25, 0.3) is 5.91 Å². The van der Waals surface area contributed by atoms with Crippen molar-refractivity contribution in [2.75, 3.05) is 13.1 Å². The van der Waals surface area contributed by atoms with Crippen molar-refractivity contribution in [2.45, 2.75) is 55.5 Å². The summed E-state index contributed by atoms with van der Waals surface area (Å²) in [6.07, 6.45) is 0.0657. The van der Waals surface area contributed by atoms with E-state index in [9.17, 15) is 32.4 Å². The maximum absolute atomic E-state index is 13.1. The lowest BCUT2D eigenvalue weighted by atomic mass is 10.1. The van der Waals surface area contributed by atoms with E-state index in [1.54, 1.807) is 0 Å². The molecule has 2 rings (SSSR count). The Hall–Kier alpha value is -3.52. The van der Waals surface area contributed by atoms with Crippen molar-refractivity contribution in [3.05, 3.63) is 29.8 Å². The lowest BCUT2D eigenvalue weighted by molar-refractivity contribution is -0.141. The third-order valence-electron chi connectivity index (χ3n) is 5.35. The van der Waals surface area contributed by atoms with Crippen LogP contribution >= 0.6 is 0 Å². The van der Waals surface area contributed by atoms with Gasteiger partial charge in [-0.3, -0.25) is 19.2 Å². The fourth-order valence-corrected chi connectivity index (χ4v) is 5.20. The van der Waals surface area contributed by atoms with E-state index in [4.69, 9.17) is 15.3 Å². The molecule has 0 aliphatic carbocycles. The van der Waals surface area contributed by atoms with E-state index in [0.29, 0.717) is 12.8 Å². The van der Waals surface area contributed by atoms with E-state index >= 15 is 0 Å². The number of hydrogen-bond acceptors (Lipinski definition) is 7. The molecule has 0 bridgehead atoms. The number of carbonyl (C=O) groups excluding carboxylic acids is 2. The van der Waals surface area contributed by atoms with Crippen molar-refractivity contribution >= 4 is 39.7 Å². The minimum Gasteiger partial charge on any atom is -0.481 e. The molecule has 0 spiro atoms. The number of carboxylic acids is 3. The highest BCUT2D eigenvalue weighted by atomic mass is 32.2. The number of carboxylic acid groups (broad SMARTS) is 3. The van der Waals surface area contributed by atoms with Gasteiger partial charge in [-0.25, -0.2) is 13.2 Å². The van der Waals surface area contributed by atoms with E-state index in [1.165, 1.54) is 12.1 Å². The van der Waals surface area contributed by atoms with Gasteiger partial charge < -0.3 is 26.0 Å². The fourth-order valence-electron chi connectivity index (χ4n) is 3.54. The highest BCUT2D eigenvalue weighted by Crippen LogP contribution is 2.26. The monoisotopic (exact) mass is 513 g/mol. The Morgan fingerprint density at radius 2 is 1.63 bits per heavy atom. The summed E-state index contributed by atoms with van der Waals surface area (Å²) < 4.78 is 27.3. The van der Waals surface area contributed by atoms with Gasteiger partial charge in [0.15, 0.2) is 0 Å². The molecule has 192 valence electrons. The molecule has 1 fully saturated rings. The van der Waals surface area contributed by atoms with Crippen LogP contribution in [-0.4, -0.2) is 82.9 Å². The minimum atomic E-state index is -4.09. The molecule has 35 heavy (non-hydrogen) atoms. The van der Waals surface area contributed by atoms with Crippen LogP contribution in [0.4, 0.5) is 0 Å². The molecule has 1 aromatic carbocycles. The first-order valence-electron chi connectivity index (χ1n) is 10.8. The van der Waals surface area contributed by atoms with E-state index in [2.05, 4.69) is 10.6 Å². The Labute approximate surface area is 201 Å². The molecule has 13 nitrogen and oxygen atoms in total. The van der Waals surface area contributed by atoms with Crippen LogP contribution in [0.25, 0.3) is 0 Å². The van der Waals surface area contributed by atoms with Crippen LogP contribution < -0.4 is 10.6 Å². The van der Waals surface area contributed by atoms with Gasteiger partial charge in [0.05, 0.1) is 4.90 Å². The molecule has 1 aliphatic heterocycles. The number of carbonyl (C=O) groups is 5. The maximum atomic E-state index is 13.1. The Kier molecular flexibility index (Phi) is 9.71. The van der Waals surface area contributed by atoms with Crippen LogP contribution in [-0.2, 0) is 29.2 Å². The van der Waals surface area contributed by atoms with E-state index in [-0.39, 0.29) is 42.8 Å². The molecule has 0 radical (unpaired) electrons. The quantitative estimate of drug-likeness (QED) is 0.221. The first kappa shape index (κ1) is 27.7. The summed E-state index contributed by atoms with van der Waals surface area (Å²) in [4.78, 5) is 57.2. The summed E-state index contributed by atoms with van der Waals surface area (Å²) >= 11 is 0. The first-order chi connectivity index (χ1) is 16.4. The van der Waals surface area contributed by atoms with Crippen LogP contribution in [0.1, 0.15) is 48.9 Å². The summed E-state index contributed by atoms with van der Waals surface area (Å²) in [5.41, 5.74) is -0.0281. The van der Waals surface area contributed by atoms with Gasteiger partial charge in [-0.2, -0.15) is 4.31 Å². The number of benzene rings is 1. The van der Waals surface area contributed by atoms with Crippen LogP contribution in [0.2, 0.25) is 0 Å². The van der Waals surface area contributed by atoms with E-state index in [1.807, 2.05) is 0 Å². The van der Waals surface area contributed by atoms with Crippen LogP contribution in [0.5, 0.6) is 0 Å². The van der Waals surface area contributed by atoms with Gasteiger partial charge in [-0.1, -0.05) is 0 Å². The number of sulfonamides is 1. The van der Waals surface area contributed by atoms with Gasteiger partial charge in [0.1, 0.15) is 12.1 Å². The zero-order valence-electron chi connectivity index (χ0n) is 18.7. The Morgan fingerprint density at radius 3 is 2.20 bits per heavy atom. The number of nitrogens with one attached hydrogen (secondary N) is 2. The largest absolute Gasteiger partial charge is 0.481 e. The van der Waals surface area contributed by atoms with Crippen molar-refractivity contribution in [1.82, 2.24) is 14.9 Å². The van der Waals surface area contributed by atoms with Crippen LogP contribution in [0.15, 0.2) is 29.2 Å². The molecule has 0 aromatic heterocycles. The molecule has 0 unspecified atom stereocenters. The summed E-state index contributed by atoms with van der Waals surface area (Å²) in [6, 6.07) is 2.33. The SMILES string of the molecule is O=C(O)CCCNC(=O)[C@H]1CCCN1S(=O)(=O)c1ccc(C(=O)N[C@@H](CCC(=O)O)C(=O)O)cc1. The standard InChI is InChI=1S/C21H27N3O10S/c25-17(26)4-1-11-22-20(30)16-3-2-12-24(16)35(33,34)14-7-5-13(6-8-14)19(29)23-15(21(31)32)9-10-18(27)28/h5-8,15-16H,1-4,9-12H2,(H,22,30)(H,23,29)(H,25,26)(H,27,28)(H,31,32)/t15-,16+/m0/s1. The third-order valence-corrected chi connectivity index (χ3v) is 7.27. The molecule has 1 aromatic rings. The van der Waals surface area contributed by atoms with E-state index < -0.39 is 58.3 Å². The molecule has 2 amide bonds. The Morgan fingerprint density at radius 1 is 1.00 bits per heavy atom. The highest BCUT2D eigenvalue weighted by Gasteiger charge is 2.39. The van der Waals surface area contributed by atoms with Gasteiger partial charge in [0, 0.05) is 31.5 Å². The number of nitrogens with zero attached hydrogens (tertiary/aromatic N) is 1. The first-order valence-corrected chi connectivity index (χ1v) is 12.2. The summed E-state index contributed by atoms with van der Waals surface area (Å²) in [5.74, 6) is -4.95. The summed E-state index contributed by atoms with van der Waals surface area (Å²) in [5, 5.41) is 31.3. The normalized spacial score (nSPS) is 16.9. The number of amides is 2. The lowest BCUT2D eigenvalue weighted by Crippen LogP contribution is -2.46. The minimum absolute atomic E-state index is 0.0281. The zero-order chi connectivity index (χ0) is 26.2. The van der Waals surface area contributed by atoms with Crippen molar-refractivity contribution in [1.29, 1.82) is 0 Å². The molecule has 0 saturated carbocycles. The molecule has 5 N–H and O–H groups in total. The van der Waals surface area contributed by atoms with Crippen molar-refractivity contribution < 1.29 is 47.7 Å². The molecule has 1 aliphatic rings. The third kappa shape index (κ3) is 7.75. The van der Waals surface area contributed by atoms with Crippen molar-refractivity contribution in [3.63, 3.8) is 0 Å².